The monoisotopic (exact) mass is 285 g/mol. The highest BCUT2D eigenvalue weighted by atomic mass is 19.4. The smallest absolute Gasteiger partial charge is 0.462 e. The zero-order valence-electron chi connectivity index (χ0n) is 9.55. The summed E-state index contributed by atoms with van der Waals surface area (Å²) < 4.78 is 69.8. The lowest BCUT2D eigenvalue weighted by molar-refractivity contribution is -0.275. The summed E-state index contributed by atoms with van der Waals surface area (Å²) in [6.45, 7) is -0.00931. The van der Waals surface area contributed by atoms with Crippen LogP contribution in [0.25, 0.3) is 0 Å². The molecule has 0 aliphatic carbocycles. The summed E-state index contributed by atoms with van der Waals surface area (Å²) in [6, 6.07) is 0.641. The van der Waals surface area contributed by atoms with Gasteiger partial charge in [-0.15, -0.1) is 13.2 Å². The van der Waals surface area contributed by atoms with E-state index < -0.39 is 42.0 Å². The van der Waals surface area contributed by atoms with Crippen molar-refractivity contribution in [1.82, 2.24) is 4.98 Å². The molecule has 4 nitrogen and oxygen atoms in total. The highest BCUT2D eigenvalue weighted by Crippen LogP contribution is 2.29. The van der Waals surface area contributed by atoms with Crippen LogP contribution in [-0.4, -0.2) is 23.9 Å². The second-order valence-corrected chi connectivity index (χ2v) is 3.18. The number of halogens is 5. The van der Waals surface area contributed by atoms with E-state index in [1.54, 1.807) is 0 Å². The highest BCUT2D eigenvalue weighted by molar-refractivity contribution is 5.92. The van der Waals surface area contributed by atoms with Crippen LogP contribution in [0.2, 0.25) is 0 Å². The molecule has 0 aromatic carbocycles. The lowest BCUT2D eigenvalue weighted by Crippen LogP contribution is -2.21. The van der Waals surface area contributed by atoms with Crippen LogP contribution in [0.3, 0.4) is 0 Å². The Balaban J connectivity index is 3.29. The molecule has 0 saturated heterocycles. The molecule has 1 aromatic heterocycles. The molecule has 106 valence electrons. The van der Waals surface area contributed by atoms with Gasteiger partial charge in [-0.2, -0.15) is 4.39 Å². The molecule has 0 radical (unpaired) electrons. The van der Waals surface area contributed by atoms with Crippen molar-refractivity contribution in [3.63, 3.8) is 0 Å². The molecule has 0 aliphatic rings. The molecule has 1 heterocycles. The van der Waals surface area contributed by atoms with Crippen LogP contribution in [0, 0.1) is 5.95 Å². The van der Waals surface area contributed by atoms with Crippen LogP contribution < -0.4 is 4.74 Å². The Hall–Kier alpha value is -1.93. The Labute approximate surface area is 104 Å². The van der Waals surface area contributed by atoms with Crippen molar-refractivity contribution in [3.8, 4) is 5.75 Å². The van der Waals surface area contributed by atoms with Gasteiger partial charge in [0.25, 0.3) is 5.95 Å². The molecule has 0 fully saturated rings. The van der Waals surface area contributed by atoms with Crippen LogP contribution in [0.15, 0.2) is 6.07 Å². The first-order valence-electron chi connectivity index (χ1n) is 4.96. The van der Waals surface area contributed by atoms with Crippen LogP contribution in [0.1, 0.15) is 23.0 Å². The Kier molecular flexibility index (Phi) is 4.62. The molecular formula is C10H8F5NO3. The van der Waals surface area contributed by atoms with Crippen molar-refractivity contribution in [2.45, 2.75) is 20.0 Å². The summed E-state index contributed by atoms with van der Waals surface area (Å²) in [5, 5.41) is 0. The van der Waals surface area contributed by atoms with Gasteiger partial charge in [-0.05, 0) is 13.0 Å². The SMILES string of the molecule is CCOC(=O)c1cc(CF)nc(F)c1OC(F)(F)F. The normalized spacial score (nSPS) is 11.3. The number of rotatable bonds is 4. The second kappa shape index (κ2) is 5.81. The van der Waals surface area contributed by atoms with E-state index in [0.29, 0.717) is 6.07 Å². The minimum Gasteiger partial charge on any atom is -0.462 e. The quantitative estimate of drug-likeness (QED) is 0.485. The van der Waals surface area contributed by atoms with E-state index in [4.69, 9.17) is 0 Å². The standard InChI is InChI=1S/C10H8F5NO3/c1-2-18-9(17)6-3-5(4-11)16-8(12)7(6)19-10(13,14)15/h3H,2,4H2,1H3. The van der Waals surface area contributed by atoms with Crippen molar-refractivity contribution < 1.29 is 36.2 Å². The Bertz CT molecular complexity index is 475. The third-order valence-corrected chi connectivity index (χ3v) is 1.83. The van der Waals surface area contributed by atoms with Gasteiger partial charge in [-0.25, -0.2) is 14.2 Å². The molecule has 0 atom stereocenters. The number of pyridine rings is 1. The Morgan fingerprint density at radius 3 is 2.53 bits per heavy atom. The van der Waals surface area contributed by atoms with E-state index in [2.05, 4.69) is 14.5 Å². The van der Waals surface area contributed by atoms with E-state index in [1.165, 1.54) is 6.92 Å². The van der Waals surface area contributed by atoms with Gasteiger partial charge in [-0.1, -0.05) is 0 Å². The number of aromatic nitrogens is 1. The van der Waals surface area contributed by atoms with Gasteiger partial charge >= 0.3 is 12.3 Å². The van der Waals surface area contributed by atoms with Gasteiger partial charge < -0.3 is 9.47 Å². The van der Waals surface area contributed by atoms with E-state index >= 15 is 0 Å². The molecule has 0 spiro atoms. The summed E-state index contributed by atoms with van der Waals surface area (Å²) in [4.78, 5) is 14.3. The summed E-state index contributed by atoms with van der Waals surface area (Å²) in [7, 11) is 0. The molecule has 0 aliphatic heterocycles. The van der Waals surface area contributed by atoms with Crippen LogP contribution >= 0.6 is 0 Å². The fourth-order valence-electron chi connectivity index (χ4n) is 1.19. The number of alkyl halides is 4. The van der Waals surface area contributed by atoms with Crippen LogP contribution in [0.4, 0.5) is 22.0 Å². The van der Waals surface area contributed by atoms with E-state index in [9.17, 15) is 26.7 Å². The molecule has 0 bridgehead atoms. The molecule has 0 unspecified atom stereocenters. The predicted octanol–water partition coefficient (Wildman–Crippen LogP) is 2.77. The summed E-state index contributed by atoms with van der Waals surface area (Å²) in [6.07, 6.45) is -5.22. The first-order chi connectivity index (χ1) is 8.78. The lowest BCUT2D eigenvalue weighted by atomic mass is 10.2. The summed E-state index contributed by atoms with van der Waals surface area (Å²) in [5.41, 5.74) is -1.42. The van der Waals surface area contributed by atoms with Gasteiger partial charge in [0.15, 0.2) is 5.75 Å². The number of nitrogens with zero attached hydrogens (tertiary/aromatic N) is 1. The number of ether oxygens (including phenoxy) is 2. The topological polar surface area (TPSA) is 48.4 Å². The highest BCUT2D eigenvalue weighted by Gasteiger charge is 2.35. The van der Waals surface area contributed by atoms with Crippen molar-refractivity contribution in [1.29, 1.82) is 0 Å². The molecule has 0 amide bonds. The van der Waals surface area contributed by atoms with Gasteiger partial charge in [-0.3, -0.25) is 0 Å². The zero-order chi connectivity index (χ0) is 14.6. The molecular weight excluding hydrogens is 277 g/mol. The number of hydrogen-bond donors (Lipinski definition) is 0. The van der Waals surface area contributed by atoms with Crippen molar-refractivity contribution >= 4 is 5.97 Å². The number of hydrogen-bond acceptors (Lipinski definition) is 4. The maximum atomic E-state index is 13.3. The maximum absolute atomic E-state index is 13.3. The molecule has 9 heteroatoms. The Morgan fingerprint density at radius 2 is 2.05 bits per heavy atom. The van der Waals surface area contributed by atoms with Gasteiger partial charge in [0.05, 0.1) is 12.3 Å². The largest absolute Gasteiger partial charge is 0.573 e. The molecule has 0 N–H and O–H groups in total. The first kappa shape index (κ1) is 15.1. The van der Waals surface area contributed by atoms with Crippen LogP contribution in [-0.2, 0) is 11.4 Å². The minimum absolute atomic E-state index is 0.154. The molecule has 19 heavy (non-hydrogen) atoms. The predicted molar refractivity (Wildman–Crippen MR) is 51.6 cm³/mol. The van der Waals surface area contributed by atoms with Crippen molar-refractivity contribution in [3.05, 3.63) is 23.3 Å². The molecule has 1 rings (SSSR count). The number of esters is 1. The zero-order valence-corrected chi connectivity index (χ0v) is 9.55. The Morgan fingerprint density at radius 1 is 1.42 bits per heavy atom. The fraction of sp³-hybridized carbons (Fsp3) is 0.400. The van der Waals surface area contributed by atoms with Crippen LogP contribution in [0.5, 0.6) is 5.75 Å². The lowest BCUT2D eigenvalue weighted by Gasteiger charge is -2.13. The maximum Gasteiger partial charge on any atom is 0.573 e. The fourth-order valence-corrected chi connectivity index (χ4v) is 1.19. The number of carbonyl (C=O) groups excluding carboxylic acids is 1. The van der Waals surface area contributed by atoms with E-state index in [0.717, 1.165) is 0 Å². The second-order valence-electron chi connectivity index (χ2n) is 3.18. The van der Waals surface area contributed by atoms with Crippen molar-refractivity contribution in [2.24, 2.45) is 0 Å². The minimum atomic E-state index is -5.22. The summed E-state index contributed by atoms with van der Waals surface area (Å²) >= 11 is 0. The average molecular weight is 285 g/mol. The first-order valence-corrected chi connectivity index (χ1v) is 4.96. The molecule has 1 aromatic rings. The van der Waals surface area contributed by atoms with Crippen molar-refractivity contribution in [2.75, 3.05) is 6.61 Å². The van der Waals surface area contributed by atoms with E-state index in [-0.39, 0.29) is 6.61 Å². The average Bonchev–Trinajstić information content (AvgIpc) is 2.30. The van der Waals surface area contributed by atoms with Gasteiger partial charge in [0.1, 0.15) is 12.2 Å². The van der Waals surface area contributed by atoms with E-state index in [1.807, 2.05) is 0 Å². The third kappa shape index (κ3) is 4.04. The third-order valence-electron chi connectivity index (χ3n) is 1.83. The summed E-state index contributed by atoms with van der Waals surface area (Å²) in [5.74, 6) is -4.45. The molecule has 0 saturated carbocycles. The number of carbonyl (C=O) groups is 1. The van der Waals surface area contributed by atoms with Gasteiger partial charge in [0.2, 0.25) is 0 Å². The van der Waals surface area contributed by atoms with Gasteiger partial charge in [0, 0.05) is 0 Å².